The molecule has 1 N–H and O–H groups in total. The fraction of sp³-hybridized carbons (Fsp3) is 0.467. The van der Waals surface area contributed by atoms with Crippen molar-refractivity contribution in [1.29, 1.82) is 0 Å². The summed E-state index contributed by atoms with van der Waals surface area (Å²) in [6, 6.07) is 5.92. The molecule has 114 valence electrons. The number of aromatic nitrogens is 2. The van der Waals surface area contributed by atoms with Gasteiger partial charge in [-0.3, -0.25) is 4.79 Å². The molecular formula is C15H19BrClN3O. The molecule has 6 heteroatoms. The van der Waals surface area contributed by atoms with Gasteiger partial charge in [0, 0.05) is 18.1 Å². The summed E-state index contributed by atoms with van der Waals surface area (Å²) in [5.41, 5.74) is 1.31. The first-order valence-electron chi connectivity index (χ1n) is 6.78. The van der Waals surface area contributed by atoms with Gasteiger partial charge in [0.1, 0.15) is 5.82 Å². The van der Waals surface area contributed by atoms with Crippen molar-refractivity contribution in [2.45, 2.75) is 32.7 Å². The average Bonchev–Trinajstić information content (AvgIpc) is 2.75. The van der Waals surface area contributed by atoms with E-state index in [1.54, 1.807) is 7.05 Å². The van der Waals surface area contributed by atoms with Crippen LogP contribution in [0.5, 0.6) is 0 Å². The molecule has 1 unspecified atom stereocenters. The molecular weight excluding hydrogens is 354 g/mol. The predicted molar refractivity (Wildman–Crippen MR) is 89.5 cm³/mol. The van der Waals surface area contributed by atoms with Crippen LogP contribution in [0.25, 0.3) is 11.0 Å². The number of hydrogen-bond acceptors (Lipinski definition) is 2. The van der Waals surface area contributed by atoms with Gasteiger partial charge in [0.05, 0.1) is 21.8 Å². The summed E-state index contributed by atoms with van der Waals surface area (Å²) in [6.45, 7) is 6.25. The predicted octanol–water partition coefficient (Wildman–Crippen LogP) is 3.87. The molecule has 1 amide bonds. The molecule has 0 aliphatic heterocycles. The third-order valence-corrected chi connectivity index (χ3v) is 4.18. The van der Waals surface area contributed by atoms with Crippen LogP contribution in [0.3, 0.4) is 0 Å². The van der Waals surface area contributed by atoms with Crippen LogP contribution < -0.4 is 5.32 Å². The summed E-state index contributed by atoms with van der Waals surface area (Å²) in [7, 11) is 1.65. The molecule has 2 rings (SSSR count). The van der Waals surface area contributed by atoms with E-state index in [1.807, 2.05) is 43.5 Å². The molecule has 0 aliphatic rings. The first-order valence-corrected chi connectivity index (χ1v) is 8.01. The number of rotatable bonds is 4. The number of halogens is 2. The Labute approximate surface area is 138 Å². The van der Waals surface area contributed by atoms with Gasteiger partial charge in [0.25, 0.3) is 0 Å². The van der Waals surface area contributed by atoms with Crippen LogP contribution in [0.1, 0.15) is 32.0 Å². The topological polar surface area (TPSA) is 46.9 Å². The van der Waals surface area contributed by atoms with Crippen LogP contribution >= 0.6 is 27.5 Å². The van der Waals surface area contributed by atoms with E-state index in [2.05, 4.69) is 26.2 Å². The van der Waals surface area contributed by atoms with Crippen molar-refractivity contribution in [3.63, 3.8) is 0 Å². The second-order valence-corrected chi connectivity index (χ2v) is 7.34. The van der Waals surface area contributed by atoms with Gasteiger partial charge in [-0.1, -0.05) is 15.9 Å². The zero-order valence-corrected chi connectivity index (χ0v) is 14.9. The molecule has 2 aromatic rings. The zero-order valence-electron chi connectivity index (χ0n) is 12.6. The fourth-order valence-corrected chi connectivity index (χ4v) is 2.91. The maximum absolute atomic E-state index is 12.0. The summed E-state index contributed by atoms with van der Waals surface area (Å²) < 4.78 is 3.01. The van der Waals surface area contributed by atoms with Crippen molar-refractivity contribution in [1.82, 2.24) is 14.9 Å². The standard InChI is InChI=1S/C15H19BrClN3O/c1-9(17)13-19-11-7-10(16)5-6-12(11)20(13)8-15(2,3)14(21)18-4/h5-7,9H,8H2,1-4H3,(H,18,21). The SMILES string of the molecule is CNC(=O)C(C)(C)Cn1c(C(C)Cl)nc2cc(Br)ccc21. The van der Waals surface area contributed by atoms with E-state index in [-0.39, 0.29) is 11.3 Å². The molecule has 0 radical (unpaired) electrons. The number of carbonyl (C=O) groups excluding carboxylic acids is 1. The minimum atomic E-state index is -0.546. The molecule has 1 aromatic heterocycles. The van der Waals surface area contributed by atoms with E-state index in [0.717, 1.165) is 21.3 Å². The number of amides is 1. The highest BCUT2D eigenvalue weighted by molar-refractivity contribution is 9.10. The number of nitrogens with zero attached hydrogens (tertiary/aromatic N) is 2. The van der Waals surface area contributed by atoms with E-state index in [0.29, 0.717) is 6.54 Å². The lowest BCUT2D eigenvalue weighted by atomic mass is 9.92. The van der Waals surface area contributed by atoms with Gasteiger partial charge in [-0.05, 0) is 39.0 Å². The summed E-state index contributed by atoms with van der Waals surface area (Å²) >= 11 is 9.72. The minimum absolute atomic E-state index is 0.00497. The molecule has 4 nitrogen and oxygen atoms in total. The zero-order chi connectivity index (χ0) is 15.8. The number of fused-ring (bicyclic) bond motifs is 1. The molecule has 1 aromatic carbocycles. The van der Waals surface area contributed by atoms with Gasteiger partial charge in [-0.25, -0.2) is 4.98 Å². The van der Waals surface area contributed by atoms with E-state index in [4.69, 9.17) is 11.6 Å². The van der Waals surface area contributed by atoms with Gasteiger partial charge >= 0.3 is 0 Å². The Hall–Kier alpha value is -1.07. The Morgan fingerprint density at radius 1 is 1.52 bits per heavy atom. The number of alkyl halides is 1. The second-order valence-electron chi connectivity index (χ2n) is 5.77. The van der Waals surface area contributed by atoms with Crippen molar-refractivity contribution >= 4 is 44.5 Å². The Morgan fingerprint density at radius 3 is 2.76 bits per heavy atom. The van der Waals surface area contributed by atoms with E-state index in [9.17, 15) is 4.79 Å². The number of nitrogens with one attached hydrogen (secondary N) is 1. The first kappa shape index (κ1) is 16.3. The summed E-state index contributed by atoms with van der Waals surface area (Å²) in [5, 5.41) is 2.49. The van der Waals surface area contributed by atoms with Gasteiger partial charge in [0.15, 0.2) is 0 Å². The number of carbonyl (C=O) groups is 1. The van der Waals surface area contributed by atoms with Crippen LogP contribution in [0, 0.1) is 5.41 Å². The molecule has 0 saturated heterocycles. The van der Waals surface area contributed by atoms with Crippen molar-refractivity contribution in [2.24, 2.45) is 5.41 Å². The van der Waals surface area contributed by atoms with Gasteiger partial charge in [-0.15, -0.1) is 11.6 Å². The van der Waals surface area contributed by atoms with E-state index < -0.39 is 5.41 Å². The second kappa shape index (κ2) is 5.97. The maximum atomic E-state index is 12.0. The quantitative estimate of drug-likeness (QED) is 0.828. The molecule has 1 heterocycles. The Balaban J connectivity index is 2.56. The van der Waals surface area contributed by atoms with E-state index >= 15 is 0 Å². The average molecular weight is 373 g/mol. The number of benzene rings is 1. The van der Waals surface area contributed by atoms with Crippen LogP contribution in [0.4, 0.5) is 0 Å². The summed E-state index contributed by atoms with van der Waals surface area (Å²) in [6.07, 6.45) is 0. The van der Waals surface area contributed by atoms with Gasteiger partial charge in [0.2, 0.25) is 5.91 Å². The Bertz CT molecular complexity index is 679. The Morgan fingerprint density at radius 2 is 2.19 bits per heavy atom. The first-order chi connectivity index (χ1) is 9.76. The molecule has 0 aliphatic carbocycles. The molecule has 0 spiro atoms. The minimum Gasteiger partial charge on any atom is -0.359 e. The van der Waals surface area contributed by atoms with Gasteiger partial charge in [-0.2, -0.15) is 0 Å². The summed E-state index contributed by atoms with van der Waals surface area (Å²) in [5.74, 6) is 0.774. The lowest BCUT2D eigenvalue weighted by Crippen LogP contribution is -2.38. The van der Waals surface area contributed by atoms with Crippen LogP contribution in [-0.2, 0) is 11.3 Å². The highest BCUT2D eigenvalue weighted by Crippen LogP contribution is 2.30. The number of imidazole rings is 1. The Kier molecular flexibility index (Phi) is 4.63. The molecule has 0 saturated carbocycles. The van der Waals surface area contributed by atoms with Crippen molar-refractivity contribution in [3.8, 4) is 0 Å². The molecule has 0 bridgehead atoms. The lowest BCUT2D eigenvalue weighted by molar-refractivity contribution is -0.129. The van der Waals surface area contributed by atoms with Crippen molar-refractivity contribution in [2.75, 3.05) is 7.05 Å². The lowest BCUT2D eigenvalue weighted by Gasteiger charge is -2.25. The van der Waals surface area contributed by atoms with Crippen LogP contribution in [0.15, 0.2) is 22.7 Å². The van der Waals surface area contributed by atoms with Crippen LogP contribution in [0.2, 0.25) is 0 Å². The third-order valence-electron chi connectivity index (χ3n) is 3.49. The van der Waals surface area contributed by atoms with Crippen molar-refractivity contribution in [3.05, 3.63) is 28.5 Å². The normalized spacial score (nSPS) is 13.4. The highest BCUT2D eigenvalue weighted by atomic mass is 79.9. The number of hydrogen-bond donors (Lipinski definition) is 1. The van der Waals surface area contributed by atoms with Gasteiger partial charge < -0.3 is 9.88 Å². The molecule has 21 heavy (non-hydrogen) atoms. The van der Waals surface area contributed by atoms with Crippen molar-refractivity contribution < 1.29 is 4.79 Å². The van der Waals surface area contributed by atoms with E-state index in [1.165, 1.54) is 0 Å². The smallest absolute Gasteiger partial charge is 0.227 e. The highest BCUT2D eigenvalue weighted by Gasteiger charge is 2.29. The largest absolute Gasteiger partial charge is 0.359 e. The van der Waals surface area contributed by atoms with Crippen LogP contribution in [-0.4, -0.2) is 22.5 Å². The summed E-state index contributed by atoms with van der Waals surface area (Å²) in [4.78, 5) is 16.7. The maximum Gasteiger partial charge on any atom is 0.227 e. The molecule has 0 fully saturated rings. The third kappa shape index (κ3) is 3.24. The molecule has 1 atom stereocenters. The monoisotopic (exact) mass is 371 g/mol. The fourth-order valence-electron chi connectivity index (χ4n) is 2.40.